The van der Waals surface area contributed by atoms with E-state index in [1.165, 1.54) is 15.6 Å². The first-order chi connectivity index (χ1) is 9.19. The summed E-state index contributed by atoms with van der Waals surface area (Å²) < 4.78 is 1.19. The van der Waals surface area contributed by atoms with Crippen LogP contribution in [0.3, 0.4) is 0 Å². The van der Waals surface area contributed by atoms with Gasteiger partial charge in [0.25, 0.3) is 0 Å². The summed E-state index contributed by atoms with van der Waals surface area (Å²) in [5.41, 5.74) is 2.65. The lowest BCUT2D eigenvalue weighted by Crippen LogP contribution is -2.10. The van der Waals surface area contributed by atoms with Crippen LogP contribution in [0.1, 0.15) is 11.1 Å². The van der Waals surface area contributed by atoms with Crippen LogP contribution in [0.5, 0.6) is 0 Å². The highest BCUT2D eigenvalue weighted by Gasteiger charge is 2.11. The Morgan fingerprint density at radius 3 is 2.47 bits per heavy atom. The zero-order chi connectivity index (χ0) is 13.7. The number of hydrogen-bond donors (Lipinski definition) is 0. The smallest absolute Gasteiger partial charge is 0.0408 e. The van der Waals surface area contributed by atoms with Gasteiger partial charge in [0.15, 0.2) is 0 Å². The van der Waals surface area contributed by atoms with Crippen LogP contribution >= 0.6 is 43.5 Å². The monoisotopic (exact) mass is 400 g/mol. The summed E-state index contributed by atoms with van der Waals surface area (Å²) in [5, 5.41) is 1.80. The molecule has 0 aliphatic heterocycles. The van der Waals surface area contributed by atoms with Crippen molar-refractivity contribution in [2.24, 2.45) is 5.92 Å². The van der Waals surface area contributed by atoms with Crippen molar-refractivity contribution >= 4 is 43.5 Å². The summed E-state index contributed by atoms with van der Waals surface area (Å²) in [7, 11) is 0. The van der Waals surface area contributed by atoms with Crippen molar-refractivity contribution in [3.63, 3.8) is 0 Å². The Labute approximate surface area is 136 Å². The molecule has 0 aliphatic rings. The number of rotatable bonds is 5. The third-order valence-electron chi connectivity index (χ3n) is 3.10. The van der Waals surface area contributed by atoms with Crippen molar-refractivity contribution in [2.45, 2.75) is 12.8 Å². The van der Waals surface area contributed by atoms with Crippen molar-refractivity contribution in [1.29, 1.82) is 0 Å². The molecule has 0 heterocycles. The van der Waals surface area contributed by atoms with E-state index in [2.05, 4.69) is 62.2 Å². The fraction of sp³-hybridized carbons (Fsp3) is 0.250. The first kappa shape index (κ1) is 15.1. The first-order valence-corrected chi connectivity index (χ1v) is 8.52. The lowest BCUT2D eigenvalue weighted by molar-refractivity contribution is 0.590. The predicted octanol–water partition coefficient (Wildman–Crippen LogP) is 5.90. The van der Waals surface area contributed by atoms with Gasteiger partial charge in [0, 0.05) is 14.8 Å². The molecule has 0 saturated heterocycles. The summed E-state index contributed by atoms with van der Waals surface area (Å²) in [6, 6.07) is 16.5. The van der Waals surface area contributed by atoms with Crippen LogP contribution in [0.15, 0.2) is 53.0 Å². The van der Waals surface area contributed by atoms with E-state index in [1.54, 1.807) is 0 Å². The molecule has 100 valence electrons. The Balaban J connectivity index is 2.07. The number of hydrogen-bond acceptors (Lipinski definition) is 0. The largest absolute Gasteiger partial charge is 0.0925 e. The zero-order valence-corrected chi connectivity index (χ0v) is 14.4. The van der Waals surface area contributed by atoms with E-state index in [0.717, 1.165) is 23.2 Å². The van der Waals surface area contributed by atoms with Gasteiger partial charge in [0.05, 0.1) is 0 Å². The molecular formula is C16H15Br2Cl. The standard InChI is InChI=1S/C16H15Br2Cl/c17-11-13(8-12-4-3-6-15(19)10-12)9-14-5-1-2-7-16(14)18/h1-7,10,13H,8-9,11H2. The van der Waals surface area contributed by atoms with Crippen LogP contribution in [0.25, 0.3) is 0 Å². The highest BCUT2D eigenvalue weighted by Crippen LogP contribution is 2.23. The minimum Gasteiger partial charge on any atom is -0.0925 e. The topological polar surface area (TPSA) is 0 Å². The maximum atomic E-state index is 6.04. The lowest BCUT2D eigenvalue weighted by atomic mass is 9.94. The van der Waals surface area contributed by atoms with Gasteiger partial charge in [-0.3, -0.25) is 0 Å². The number of halogens is 3. The van der Waals surface area contributed by atoms with Gasteiger partial charge >= 0.3 is 0 Å². The Kier molecular flexibility index (Phi) is 5.93. The maximum Gasteiger partial charge on any atom is 0.0408 e. The Morgan fingerprint density at radius 1 is 1.00 bits per heavy atom. The fourth-order valence-corrected chi connectivity index (χ4v) is 3.27. The minimum atomic E-state index is 0.567. The van der Waals surface area contributed by atoms with E-state index in [4.69, 9.17) is 11.6 Å². The third-order valence-corrected chi connectivity index (χ3v) is 5.02. The molecule has 0 aliphatic carbocycles. The maximum absolute atomic E-state index is 6.04. The molecule has 2 aromatic rings. The van der Waals surface area contributed by atoms with Crippen molar-refractivity contribution in [3.05, 3.63) is 69.2 Å². The van der Waals surface area contributed by atoms with Gasteiger partial charge in [-0.05, 0) is 48.1 Å². The van der Waals surface area contributed by atoms with Crippen LogP contribution in [0.4, 0.5) is 0 Å². The molecule has 0 radical (unpaired) electrons. The Hall–Kier alpha value is -0.310. The third kappa shape index (κ3) is 4.62. The zero-order valence-electron chi connectivity index (χ0n) is 10.5. The molecule has 0 N–H and O–H groups in total. The van der Waals surface area contributed by atoms with Gasteiger partial charge in [0.2, 0.25) is 0 Å². The summed E-state index contributed by atoms with van der Waals surface area (Å²) in [5.74, 6) is 0.567. The molecule has 2 aromatic carbocycles. The van der Waals surface area contributed by atoms with E-state index in [0.29, 0.717) is 5.92 Å². The molecule has 0 spiro atoms. The lowest BCUT2D eigenvalue weighted by Gasteiger charge is -2.15. The van der Waals surface area contributed by atoms with Crippen LogP contribution in [-0.4, -0.2) is 5.33 Å². The van der Waals surface area contributed by atoms with Gasteiger partial charge in [-0.25, -0.2) is 0 Å². The van der Waals surface area contributed by atoms with E-state index < -0.39 is 0 Å². The van der Waals surface area contributed by atoms with Gasteiger partial charge in [-0.1, -0.05) is 73.8 Å². The molecule has 0 aromatic heterocycles. The number of alkyl halides is 1. The quantitative estimate of drug-likeness (QED) is 0.546. The van der Waals surface area contributed by atoms with Crippen LogP contribution in [0.2, 0.25) is 5.02 Å². The summed E-state index contributed by atoms with van der Waals surface area (Å²) in [4.78, 5) is 0. The van der Waals surface area contributed by atoms with Crippen LogP contribution in [0, 0.1) is 5.92 Å². The molecule has 0 nitrogen and oxygen atoms in total. The Morgan fingerprint density at radius 2 is 1.79 bits per heavy atom. The van der Waals surface area contributed by atoms with Crippen molar-refractivity contribution in [2.75, 3.05) is 5.33 Å². The van der Waals surface area contributed by atoms with Crippen LogP contribution < -0.4 is 0 Å². The van der Waals surface area contributed by atoms with E-state index in [-0.39, 0.29) is 0 Å². The van der Waals surface area contributed by atoms with Crippen molar-refractivity contribution < 1.29 is 0 Å². The molecule has 19 heavy (non-hydrogen) atoms. The average molecular weight is 403 g/mol. The second-order valence-electron chi connectivity index (χ2n) is 4.65. The predicted molar refractivity (Wildman–Crippen MR) is 90.3 cm³/mol. The molecule has 1 unspecified atom stereocenters. The van der Waals surface area contributed by atoms with Crippen molar-refractivity contribution in [1.82, 2.24) is 0 Å². The van der Waals surface area contributed by atoms with Gasteiger partial charge in [-0.2, -0.15) is 0 Å². The van der Waals surface area contributed by atoms with E-state index in [1.807, 2.05) is 18.2 Å². The van der Waals surface area contributed by atoms with Crippen LogP contribution in [-0.2, 0) is 12.8 Å². The van der Waals surface area contributed by atoms with E-state index in [9.17, 15) is 0 Å². The summed E-state index contributed by atoms with van der Waals surface area (Å²) >= 11 is 13.3. The summed E-state index contributed by atoms with van der Waals surface area (Å²) in [6.07, 6.45) is 2.09. The van der Waals surface area contributed by atoms with Gasteiger partial charge in [-0.15, -0.1) is 0 Å². The van der Waals surface area contributed by atoms with Crippen molar-refractivity contribution in [3.8, 4) is 0 Å². The molecule has 0 saturated carbocycles. The van der Waals surface area contributed by atoms with Gasteiger partial charge in [0.1, 0.15) is 0 Å². The second-order valence-corrected chi connectivity index (χ2v) is 6.59. The second kappa shape index (κ2) is 7.47. The molecule has 1 atom stereocenters. The normalized spacial score (nSPS) is 12.4. The number of benzene rings is 2. The van der Waals surface area contributed by atoms with E-state index >= 15 is 0 Å². The minimum absolute atomic E-state index is 0.567. The highest BCUT2D eigenvalue weighted by atomic mass is 79.9. The molecule has 0 amide bonds. The summed E-state index contributed by atoms with van der Waals surface area (Å²) in [6.45, 7) is 0. The SMILES string of the molecule is Clc1cccc(CC(CBr)Cc2ccccc2Br)c1. The molecular weight excluding hydrogens is 387 g/mol. The highest BCUT2D eigenvalue weighted by molar-refractivity contribution is 9.10. The Bertz CT molecular complexity index is 540. The fourth-order valence-electron chi connectivity index (χ4n) is 2.15. The molecule has 2 rings (SSSR count). The van der Waals surface area contributed by atoms with Gasteiger partial charge < -0.3 is 0 Å². The molecule has 0 bridgehead atoms. The first-order valence-electron chi connectivity index (χ1n) is 6.23. The molecule has 3 heteroatoms. The molecule has 0 fully saturated rings. The average Bonchev–Trinajstić information content (AvgIpc) is 2.40.